The molecular formula is C15H22N2O3. The highest BCUT2D eigenvalue weighted by Crippen LogP contribution is 2.29. The Morgan fingerprint density at radius 2 is 2.25 bits per heavy atom. The molecule has 2 atom stereocenters. The fourth-order valence-electron chi connectivity index (χ4n) is 2.84. The number of carbonyl (C=O) groups excluding carboxylic acids is 1. The van der Waals surface area contributed by atoms with Crippen molar-refractivity contribution in [3.8, 4) is 11.5 Å². The number of hydrogen-bond donors (Lipinski definition) is 2. The Hall–Kier alpha value is -1.75. The Kier molecular flexibility index (Phi) is 4.49. The number of likely N-dealkylation sites (tertiary alicyclic amines) is 1. The lowest BCUT2D eigenvalue weighted by atomic mass is 9.95. The van der Waals surface area contributed by atoms with Crippen LogP contribution in [0.15, 0.2) is 18.2 Å². The molecule has 1 aromatic carbocycles. The van der Waals surface area contributed by atoms with E-state index in [1.54, 1.807) is 17.0 Å². The lowest BCUT2D eigenvalue weighted by molar-refractivity contribution is 0.0491. The van der Waals surface area contributed by atoms with E-state index in [-0.39, 0.29) is 29.3 Å². The second-order valence-electron chi connectivity index (χ2n) is 5.26. The average molecular weight is 278 g/mol. The van der Waals surface area contributed by atoms with Crippen LogP contribution in [-0.4, -0.2) is 41.7 Å². The largest absolute Gasteiger partial charge is 0.507 e. The summed E-state index contributed by atoms with van der Waals surface area (Å²) in [5, 5.41) is 9.94. The summed E-state index contributed by atoms with van der Waals surface area (Å²) in [6.07, 6.45) is 2.96. The van der Waals surface area contributed by atoms with E-state index in [1.165, 1.54) is 13.2 Å². The highest BCUT2D eigenvalue weighted by Gasteiger charge is 2.32. The van der Waals surface area contributed by atoms with Crippen LogP contribution in [0.5, 0.6) is 11.5 Å². The zero-order chi connectivity index (χ0) is 14.7. The fraction of sp³-hybridized carbons (Fsp3) is 0.533. The van der Waals surface area contributed by atoms with Crippen molar-refractivity contribution >= 4 is 5.91 Å². The molecule has 1 heterocycles. The Bertz CT molecular complexity index is 490. The molecule has 1 aliphatic rings. The van der Waals surface area contributed by atoms with E-state index in [0.717, 1.165) is 19.3 Å². The van der Waals surface area contributed by atoms with Gasteiger partial charge in [0.15, 0.2) is 0 Å². The molecule has 0 aliphatic carbocycles. The molecule has 0 saturated carbocycles. The van der Waals surface area contributed by atoms with Crippen molar-refractivity contribution in [1.29, 1.82) is 0 Å². The standard InChI is InChI=1S/C15H22N2O3/c1-10-4-3-5-11(9-16)17(10)15(19)13-8-12(20-2)6-7-14(13)18/h6-8,10-11,18H,3-5,9,16H2,1-2H3. The molecule has 0 spiro atoms. The van der Waals surface area contributed by atoms with E-state index >= 15 is 0 Å². The summed E-state index contributed by atoms with van der Waals surface area (Å²) in [5.41, 5.74) is 6.06. The summed E-state index contributed by atoms with van der Waals surface area (Å²) >= 11 is 0. The summed E-state index contributed by atoms with van der Waals surface area (Å²) in [6, 6.07) is 4.86. The van der Waals surface area contributed by atoms with Crippen LogP contribution >= 0.6 is 0 Å². The van der Waals surface area contributed by atoms with E-state index in [0.29, 0.717) is 12.3 Å². The number of phenols is 1. The van der Waals surface area contributed by atoms with Crippen molar-refractivity contribution in [3.05, 3.63) is 23.8 Å². The monoisotopic (exact) mass is 278 g/mol. The summed E-state index contributed by atoms with van der Waals surface area (Å²) in [7, 11) is 1.53. The fourth-order valence-corrected chi connectivity index (χ4v) is 2.84. The Labute approximate surface area is 119 Å². The van der Waals surface area contributed by atoms with Crippen molar-refractivity contribution in [2.24, 2.45) is 5.73 Å². The quantitative estimate of drug-likeness (QED) is 0.883. The minimum atomic E-state index is -0.177. The molecule has 3 N–H and O–H groups in total. The van der Waals surface area contributed by atoms with E-state index in [9.17, 15) is 9.90 Å². The number of nitrogens with zero attached hydrogens (tertiary/aromatic N) is 1. The van der Waals surface area contributed by atoms with Crippen molar-refractivity contribution in [3.63, 3.8) is 0 Å². The number of benzene rings is 1. The van der Waals surface area contributed by atoms with Crippen LogP contribution in [0.3, 0.4) is 0 Å². The molecule has 0 radical (unpaired) electrons. The molecule has 1 fully saturated rings. The summed E-state index contributed by atoms with van der Waals surface area (Å²) in [5.74, 6) is 0.355. The number of piperidine rings is 1. The van der Waals surface area contributed by atoms with Crippen LogP contribution in [0.1, 0.15) is 36.5 Å². The number of nitrogens with two attached hydrogens (primary N) is 1. The molecule has 110 valence electrons. The van der Waals surface area contributed by atoms with Crippen molar-refractivity contribution in [2.75, 3.05) is 13.7 Å². The molecule has 5 heteroatoms. The lowest BCUT2D eigenvalue weighted by Gasteiger charge is -2.40. The van der Waals surface area contributed by atoms with Gasteiger partial charge in [-0.1, -0.05) is 0 Å². The number of carbonyl (C=O) groups is 1. The molecule has 1 amide bonds. The van der Waals surface area contributed by atoms with Crippen molar-refractivity contribution < 1.29 is 14.6 Å². The molecule has 2 unspecified atom stereocenters. The normalized spacial score (nSPS) is 22.6. The van der Waals surface area contributed by atoms with E-state index in [1.807, 2.05) is 6.92 Å². The molecule has 1 saturated heterocycles. The van der Waals surface area contributed by atoms with Crippen LogP contribution in [0, 0.1) is 0 Å². The van der Waals surface area contributed by atoms with Gasteiger partial charge in [0, 0.05) is 18.6 Å². The Morgan fingerprint density at radius 1 is 1.50 bits per heavy atom. The van der Waals surface area contributed by atoms with Crippen LogP contribution in [0.25, 0.3) is 0 Å². The molecular weight excluding hydrogens is 256 g/mol. The second-order valence-corrected chi connectivity index (χ2v) is 5.26. The predicted molar refractivity (Wildman–Crippen MR) is 77.0 cm³/mol. The van der Waals surface area contributed by atoms with Gasteiger partial charge in [0.1, 0.15) is 11.5 Å². The predicted octanol–water partition coefficient (Wildman–Crippen LogP) is 1.74. The third-order valence-corrected chi connectivity index (χ3v) is 3.97. The first-order valence-electron chi connectivity index (χ1n) is 6.98. The molecule has 1 aromatic rings. The third kappa shape index (κ3) is 2.72. The summed E-state index contributed by atoms with van der Waals surface area (Å²) < 4.78 is 5.12. The van der Waals surface area contributed by atoms with E-state index in [4.69, 9.17) is 10.5 Å². The summed E-state index contributed by atoms with van der Waals surface area (Å²) in [6.45, 7) is 2.47. The minimum absolute atomic E-state index is 0.0238. The average Bonchev–Trinajstić information content (AvgIpc) is 2.46. The van der Waals surface area contributed by atoms with E-state index in [2.05, 4.69) is 0 Å². The third-order valence-electron chi connectivity index (χ3n) is 3.97. The SMILES string of the molecule is COc1ccc(O)c(C(=O)N2C(C)CCCC2CN)c1. The molecule has 0 bridgehead atoms. The smallest absolute Gasteiger partial charge is 0.258 e. The van der Waals surface area contributed by atoms with Gasteiger partial charge >= 0.3 is 0 Å². The van der Waals surface area contributed by atoms with Crippen LogP contribution in [0.4, 0.5) is 0 Å². The zero-order valence-electron chi connectivity index (χ0n) is 12.0. The lowest BCUT2D eigenvalue weighted by Crippen LogP contribution is -2.51. The van der Waals surface area contributed by atoms with Gasteiger partial charge in [-0.05, 0) is 44.4 Å². The molecule has 2 rings (SSSR count). The number of aromatic hydroxyl groups is 1. The maximum absolute atomic E-state index is 12.7. The molecule has 5 nitrogen and oxygen atoms in total. The highest BCUT2D eigenvalue weighted by molar-refractivity contribution is 5.97. The minimum Gasteiger partial charge on any atom is -0.507 e. The van der Waals surface area contributed by atoms with E-state index < -0.39 is 0 Å². The molecule has 0 aromatic heterocycles. The number of ether oxygens (including phenoxy) is 1. The number of methoxy groups -OCH3 is 1. The van der Waals surface area contributed by atoms with Crippen molar-refractivity contribution in [1.82, 2.24) is 4.90 Å². The van der Waals surface area contributed by atoms with Crippen LogP contribution < -0.4 is 10.5 Å². The number of amides is 1. The number of rotatable bonds is 3. The van der Waals surface area contributed by atoms with Crippen molar-refractivity contribution in [2.45, 2.75) is 38.3 Å². The van der Waals surface area contributed by atoms with Gasteiger partial charge in [-0.25, -0.2) is 0 Å². The second kappa shape index (κ2) is 6.13. The first-order chi connectivity index (χ1) is 9.58. The van der Waals surface area contributed by atoms with Gasteiger partial charge in [-0.3, -0.25) is 4.79 Å². The van der Waals surface area contributed by atoms with Gasteiger partial charge in [0.25, 0.3) is 5.91 Å². The molecule has 20 heavy (non-hydrogen) atoms. The maximum atomic E-state index is 12.7. The topological polar surface area (TPSA) is 75.8 Å². The van der Waals surface area contributed by atoms with Crippen LogP contribution in [0.2, 0.25) is 0 Å². The first kappa shape index (κ1) is 14.7. The Morgan fingerprint density at radius 3 is 2.90 bits per heavy atom. The number of phenolic OH excluding ortho intramolecular Hbond substituents is 1. The van der Waals surface area contributed by atoms with Gasteiger partial charge in [0.2, 0.25) is 0 Å². The van der Waals surface area contributed by atoms with Gasteiger partial charge in [0.05, 0.1) is 12.7 Å². The van der Waals surface area contributed by atoms with Crippen LogP contribution in [-0.2, 0) is 0 Å². The molecule has 1 aliphatic heterocycles. The zero-order valence-corrected chi connectivity index (χ0v) is 12.0. The Balaban J connectivity index is 2.33. The van der Waals surface area contributed by atoms with Gasteiger partial charge in [-0.2, -0.15) is 0 Å². The van der Waals surface area contributed by atoms with Gasteiger partial charge < -0.3 is 20.5 Å². The summed E-state index contributed by atoms with van der Waals surface area (Å²) in [4.78, 5) is 14.5. The van der Waals surface area contributed by atoms with Gasteiger partial charge in [-0.15, -0.1) is 0 Å². The first-order valence-corrected chi connectivity index (χ1v) is 6.98. The number of hydrogen-bond acceptors (Lipinski definition) is 4. The highest BCUT2D eigenvalue weighted by atomic mass is 16.5. The maximum Gasteiger partial charge on any atom is 0.258 e.